The molecule has 8 nitrogen and oxygen atoms in total. The van der Waals surface area contributed by atoms with Crippen molar-refractivity contribution >= 4 is 23.8 Å². The Hall–Kier alpha value is -3.81. The number of hydrogen-bond donors (Lipinski definition) is 0. The van der Waals surface area contributed by atoms with E-state index >= 15 is 0 Å². The number of esters is 2. The molecule has 224 valence electrons. The van der Waals surface area contributed by atoms with Crippen LogP contribution in [0, 0.1) is 10.8 Å². The minimum Gasteiger partial charge on any atom is -0.490 e. The summed E-state index contributed by atoms with van der Waals surface area (Å²) in [6.07, 6.45) is 3.08. The number of ether oxygens (including phenoxy) is 5. The molecule has 0 aliphatic rings. The van der Waals surface area contributed by atoms with Gasteiger partial charge >= 0.3 is 11.9 Å². The normalized spacial score (nSPS) is 12.0. The topological polar surface area (TPSA) is 97.4 Å². The molecule has 0 amide bonds. The van der Waals surface area contributed by atoms with Crippen LogP contribution >= 0.6 is 0 Å². The van der Waals surface area contributed by atoms with Crippen LogP contribution < -0.4 is 14.2 Å². The third-order valence-electron chi connectivity index (χ3n) is 5.72. The fraction of sp³-hybridized carbons (Fsp3) is 0.485. The van der Waals surface area contributed by atoms with Crippen LogP contribution in [0.5, 0.6) is 17.2 Å². The van der Waals surface area contributed by atoms with Crippen LogP contribution in [0.1, 0.15) is 96.6 Å². The molecule has 8 heteroatoms. The predicted octanol–water partition coefficient (Wildman–Crippen LogP) is 7.34. The van der Waals surface area contributed by atoms with E-state index in [9.17, 15) is 14.4 Å². The second-order valence-corrected chi connectivity index (χ2v) is 12.4. The highest BCUT2D eigenvalue weighted by Gasteiger charge is 2.24. The van der Waals surface area contributed by atoms with Crippen molar-refractivity contribution in [2.24, 2.45) is 10.8 Å². The lowest BCUT2D eigenvalue weighted by atomic mass is 9.97. The van der Waals surface area contributed by atoms with Crippen LogP contribution in [0.4, 0.5) is 0 Å². The van der Waals surface area contributed by atoms with Crippen molar-refractivity contribution in [1.82, 2.24) is 0 Å². The molecule has 0 spiro atoms. The van der Waals surface area contributed by atoms with Crippen molar-refractivity contribution in [2.75, 3.05) is 13.6 Å². The van der Waals surface area contributed by atoms with Crippen LogP contribution in [0.3, 0.4) is 0 Å². The van der Waals surface area contributed by atoms with Gasteiger partial charge in [-0.2, -0.15) is 0 Å². The summed E-state index contributed by atoms with van der Waals surface area (Å²) in [5, 5.41) is 0. The van der Waals surface area contributed by atoms with Gasteiger partial charge in [0.15, 0.2) is 5.78 Å². The zero-order valence-corrected chi connectivity index (χ0v) is 26.0. The van der Waals surface area contributed by atoms with Gasteiger partial charge in [-0.3, -0.25) is 14.4 Å². The molecule has 0 aromatic heterocycles. The molecule has 2 aromatic carbocycles. The highest BCUT2D eigenvalue weighted by Crippen LogP contribution is 2.35. The van der Waals surface area contributed by atoms with Crippen molar-refractivity contribution in [3.8, 4) is 17.2 Å². The number of hydrogen-bond acceptors (Lipinski definition) is 8. The SMILES string of the molecule is CC(C)Oc1cc(OCOC(=O)C(C)(C)C)c(C(C)C)cc1/C=C/C(=O)c1ccc(OCOC(=O)C(C)(C)C)cc1. The lowest BCUT2D eigenvalue weighted by Gasteiger charge is -2.21. The maximum atomic E-state index is 12.9. The zero-order chi connectivity index (χ0) is 31.0. The molecule has 0 aliphatic heterocycles. The first kappa shape index (κ1) is 33.4. The third-order valence-corrected chi connectivity index (χ3v) is 5.72. The molecular weight excluding hydrogens is 524 g/mol. The summed E-state index contributed by atoms with van der Waals surface area (Å²) in [6, 6.07) is 10.3. The first-order valence-corrected chi connectivity index (χ1v) is 13.8. The Morgan fingerprint density at radius 3 is 1.78 bits per heavy atom. The summed E-state index contributed by atoms with van der Waals surface area (Å²) in [7, 11) is 0. The van der Waals surface area contributed by atoms with Gasteiger partial charge in [-0.05, 0) is 109 Å². The summed E-state index contributed by atoms with van der Waals surface area (Å²) in [5.74, 6) is 0.735. The molecule has 0 unspecified atom stereocenters. The minimum absolute atomic E-state index is 0.0921. The standard InChI is InChI=1S/C33H44O8/c1-21(2)26-17-24(28(41-22(3)4)18-29(26)38-20-40-31(36)33(8,9)10)13-16-27(34)23-11-14-25(15-12-23)37-19-39-30(35)32(5,6)7/h11-18,21-22H,19-20H2,1-10H3/b16-13+. The number of carbonyl (C=O) groups excluding carboxylic acids is 3. The Morgan fingerprint density at radius 2 is 1.29 bits per heavy atom. The predicted molar refractivity (Wildman–Crippen MR) is 158 cm³/mol. The zero-order valence-electron chi connectivity index (χ0n) is 26.0. The smallest absolute Gasteiger partial charge is 0.314 e. The Bertz CT molecular complexity index is 1230. The molecule has 0 heterocycles. The maximum absolute atomic E-state index is 12.9. The lowest BCUT2D eigenvalue weighted by molar-refractivity contribution is -0.160. The molecule has 0 saturated carbocycles. The summed E-state index contributed by atoms with van der Waals surface area (Å²) < 4.78 is 27.7. The van der Waals surface area contributed by atoms with Crippen LogP contribution in [-0.4, -0.2) is 37.4 Å². The summed E-state index contributed by atoms with van der Waals surface area (Å²) in [5.41, 5.74) is 0.822. The van der Waals surface area contributed by atoms with Gasteiger partial charge < -0.3 is 23.7 Å². The second-order valence-electron chi connectivity index (χ2n) is 12.4. The molecule has 0 saturated heterocycles. The molecule has 2 rings (SSSR count). The molecule has 41 heavy (non-hydrogen) atoms. The van der Waals surface area contributed by atoms with E-state index in [1.54, 1.807) is 78.0 Å². The van der Waals surface area contributed by atoms with Gasteiger partial charge in [0.05, 0.1) is 16.9 Å². The fourth-order valence-corrected chi connectivity index (χ4v) is 3.37. The summed E-state index contributed by atoms with van der Waals surface area (Å²) >= 11 is 0. The number of ketones is 1. The van der Waals surface area contributed by atoms with E-state index in [4.69, 9.17) is 23.7 Å². The van der Waals surface area contributed by atoms with Crippen LogP contribution in [0.2, 0.25) is 0 Å². The highest BCUT2D eigenvalue weighted by molar-refractivity contribution is 6.07. The molecule has 0 radical (unpaired) electrons. The van der Waals surface area contributed by atoms with Crippen LogP contribution in [0.15, 0.2) is 42.5 Å². The number of allylic oxidation sites excluding steroid dienone is 1. The van der Waals surface area contributed by atoms with Crippen molar-refractivity contribution in [3.05, 3.63) is 59.2 Å². The van der Waals surface area contributed by atoms with E-state index in [0.29, 0.717) is 22.8 Å². The van der Waals surface area contributed by atoms with E-state index in [-0.39, 0.29) is 43.3 Å². The molecular formula is C33H44O8. The van der Waals surface area contributed by atoms with Gasteiger partial charge in [0.25, 0.3) is 0 Å². The number of rotatable bonds is 12. The number of carbonyl (C=O) groups is 3. The monoisotopic (exact) mass is 568 g/mol. The Labute approximate surface area is 244 Å². The molecule has 0 fully saturated rings. The minimum atomic E-state index is -0.633. The first-order valence-electron chi connectivity index (χ1n) is 13.8. The van der Waals surface area contributed by atoms with Crippen molar-refractivity contribution < 1.29 is 38.1 Å². The summed E-state index contributed by atoms with van der Waals surface area (Å²) in [4.78, 5) is 36.9. The second kappa shape index (κ2) is 14.2. The van der Waals surface area contributed by atoms with E-state index in [0.717, 1.165) is 11.1 Å². The quantitative estimate of drug-likeness (QED) is 0.113. The van der Waals surface area contributed by atoms with Crippen LogP contribution in [0.25, 0.3) is 6.08 Å². The van der Waals surface area contributed by atoms with Gasteiger partial charge in [0.1, 0.15) is 17.2 Å². The van der Waals surface area contributed by atoms with E-state index in [2.05, 4.69) is 0 Å². The van der Waals surface area contributed by atoms with E-state index < -0.39 is 10.8 Å². The first-order chi connectivity index (χ1) is 19.0. The number of benzene rings is 2. The average molecular weight is 569 g/mol. The van der Waals surface area contributed by atoms with Gasteiger partial charge in [0.2, 0.25) is 13.6 Å². The Kier molecular flexibility index (Phi) is 11.6. The maximum Gasteiger partial charge on any atom is 0.314 e. The highest BCUT2D eigenvalue weighted by atomic mass is 16.7. The van der Waals surface area contributed by atoms with Gasteiger partial charge in [0, 0.05) is 17.2 Å². The molecule has 0 N–H and O–H groups in total. The van der Waals surface area contributed by atoms with E-state index in [1.165, 1.54) is 6.08 Å². The fourth-order valence-electron chi connectivity index (χ4n) is 3.37. The van der Waals surface area contributed by atoms with Gasteiger partial charge in [-0.15, -0.1) is 0 Å². The Balaban J connectivity index is 2.19. The molecule has 0 bridgehead atoms. The third kappa shape index (κ3) is 10.6. The lowest BCUT2D eigenvalue weighted by Crippen LogP contribution is -2.24. The largest absolute Gasteiger partial charge is 0.490 e. The molecule has 2 aromatic rings. The van der Waals surface area contributed by atoms with Gasteiger partial charge in [-0.25, -0.2) is 0 Å². The van der Waals surface area contributed by atoms with Gasteiger partial charge in [-0.1, -0.05) is 13.8 Å². The van der Waals surface area contributed by atoms with Crippen molar-refractivity contribution in [3.63, 3.8) is 0 Å². The van der Waals surface area contributed by atoms with Crippen molar-refractivity contribution in [2.45, 2.75) is 81.3 Å². The molecule has 0 atom stereocenters. The average Bonchev–Trinajstić information content (AvgIpc) is 2.86. The van der Waals surface area contributed by atoms with Crippen LogP contribution in [-0.2, 0) is 19.1 Å². The Morgan fingerprint density at radius 1 is 0.756 bits per heavy atom. The van der Waals surface area contributed by atoms with E-state index in [1.807, 2.05) is 33.8 Å². The van der Waals surface area contributed by atoms with Crippen molar-refractivity contribution in [1.29, 1.82) is 0 Å². The summed E-state index contributed by atoms with van der Waals surface area (Å²) in [6.45, 7) is 18.1. The molecule has 0 aliphatic carbocycles.